The first-order valence-electron chi connectivity index (χ1n) is 9.30. The number of carbonyl (C=O) groups is 2. The Morgan fingerprint density at radius 2 is 1.90 bits per heavy atom. The number of carbonyl (C=O) groups excluding carboxylic acids is 2. The second-order valence-corrected chi connectivity index (χ2v) is 6.72. The Hall–Kier alpha value is -2.99. The third kappa shape index (κ3) is 7.16. The molecule has 0 radical (unpaired) electrons. The summed E-state index contributed by atoms with van der Waals surface area (Å²) in [5.41, 5.74) is 1.82. The average Bonchev–Trinajstić information content (AvgIpc) is 2.69. The van der Waals surface area contributed by atoms with Crippen molar-refractivity contribution in [3.05, 3.63) is 53.1 Å². The van der Waals surface area contributed by atoms with Gasteiger partial charge in [0, 0.05) is 18.7 Å². The fraction of sp³-hybridized carbons (Fsp3) is 0.273. The van der Waals surface area contributed by atoms with Crippen molar-refractivity contribution in [1.82, 2.24) is 0 Å². The molecule has 2 rings (SSSR count). The Morgan fingerprint density at radius 3 is 2.55 bits per heavy atom. The van der Waals surface area contributed by atoms with Gasteiger partial charge in [0.1, 0.15) is 0 Å². The molecule has 2 aromatic carbocycles. The van der Waals surface area contributed by atoms with E-state index in [1.807, 2.05) is 18.2 Å². The molecule has 154 valence electrons. The van der Waals surface area contributed by atoms with Crippen LogP contribution in [0.1, 0.15) is 32.3 Å². The number of amides is 2. The number of anilines is 2. The second kappa shape index (κ2) is 11.1. The molecule has 0 heterocycles. The minimum atomic E-state index is -0.310. The molecule has 0 unspecified atom stereocenters. The predicted octanol–water partition coefficient (Wildman–Crippen LogP) is 5.14. The van der Waals surface area contributed by atoms with Gasteiger partial charge >= 0.3 is 0 Å². The van der Waals surface area contributed by atoms with Gasteiger partial charge in [0.2, 0.25) is 11.8 Å². The number of unbranched alkanes of at least 4 members (excludes halogenated alkanes) is 1. The molecule has 0 aromatic heterocycles. The Labute approximate surface area is 175 Å². The molecule has 0 bridgehead atoms. The van der Waals surface area contributed by atoms with Crippen molar-refractivity contribution in [3.8, 4) is 11.5 Å². The molecule has 0 saturated carbocycles. The lowest BCUT2D eigenvalue weighted by molar-refractivity contribution is -0.114. The van der Waals surface area contributed by atoms with Gasteiger partial charge in [0.25, 0.3) is 0 Å². The molecular formula is C22H25ClN2O4. The average molecular weight is 417 g/mol. The zero-order chi connectivity index (χ0) is 21.2. The summed E-state index contributed by atoms with van der Waals surface area (Å²) < 4.78 is 11.1. The van der Waals surface area contributed by atoms with Crippen LogP contribution in [0.15, 0.2) is 42.5 Å². The summed E-state index contributed by atoms with van der Waals surface area (Å²) in [6.45, 7) is 4.13. The topological polar surface area (TPSA) is 76.7 Å². The molecule has 2 aromatic rings. The first-order valence-corrected chi connectivity index (χ1v) is 9.67. The van der Waals surface area contributed by atoms with Crippen molar-refractivity contribution in [2.24, 2.45) is 0 Å². The van der Waals surface area contributed by atoms with E-state index < -0.39 is 0 Å². The summed E-state index contributed by atoms with van der Waals surface area (Å²) in [4.78, 5) is 23.3. The molecule has 0 fully saturated rings. The highest BCUT2D eigenvalue weighted by molar-refractivity contribution is 6.34. The van der Waals surface area contributed by atoms with Crippen molar-refractivity contribution in [3.63, 3.8) is 0 Å². The maximum absolute atomic E-state index is 12.2. The first-order chi connectivity index (χ1) is 13.9. The SMILES string of the molecule is CCCCOc1ccc(/C=C/C(=O)Nc2ccc(NC(C)=O)c(Cl)c2)cc1OC. The van der Waals surface area contributed by atoms with Crippen LogP contribution < -0.4 is 20.1 Å². The number of hydrogen-bond acceptors (Lipinski definition) is 4. The molecule has 2 amide bonds. The van der Waals surface area contributed by atoms with Crippen molar-refractivity contribution in [2.45, 2.75) is 26.7 Å². The molecule has 0 saturated heterocycles. The fourth-order valence-electron chi connectivity index (χ4n) is 2.47. The molecule has 0 atom stereocenters. The highest BCUT2D eigenvalue weighted by atomic mass is 35.5. The lowest BCUT2D eigenvalue weighted by atomic mass is 10.2. The number of hydrogen-bond donors (Lipinski definition) is 2. The summed E-state index contributed by atoms with van der Waals surface area (Å²) in [5, 5.41) is 5.68. The molecular weight excluding hydrogens is 392 g/mol. The van der Waals surface area contributed by atoms with Gasteiger partial charge in [-0.1, -0.05) is 31.0 Å². The van der Waals surface area contributed by atoms with Gasteiger partial charge in [-0.3, -0.25) is 9.59 Å². The van der Waals surface area contributed by atoms with Gasteiger partial charge in [0.05, 0.1) is 24.4 Å². The molecule has 2 N–H and O–H groups in total. The Morgan fingerprint density at radius 1 is 1.10 bits per heavy atom. The molecule has 0 aliphatic rings. The van der Waals surface area contributed by atoms with E-state index in [0.717, 1.165) is 18.4 Å². The van der Waals surface area contributed by atoms with E-state index >= 15 is 0 Å². The number of methoxy groups -OCH3 is 1. The highest BCUT2D eigenvalue weighted by Crippen LogP contribution is 2.29. The van der Waals surface area contributed by atoms with E-state index in [1.54, 1.807) is 31.4 Å². The number of ether oxygens (including phenoxy) is 2. The van der Waals surface area contributed by atoms with E-state index in [2.05, 4.69) is 17.6 Å². The maximum Gasteiger partial charge on any atom is 0.248 e. The number of nitrogens with one attached hydrogen (secondary N) is 2. The monoisotopic (exact) mass is 416 g/mol. The molecule has 0 spiro atoms. The summed E-state index contributed by atoms with van der Waals surface area (Å²) in [5.74, 6) is 0.764. The molecule has 7 heteroatoms. The van der Waals surface area contributed by atoms with Crippen LogP contribution in [0.5, 0.6) is 11.5 Å². The van der Waals surface area contributed by atoms with Crippen LogP contribution in [-0.4, -0.2) is 25.5 Å². The zero-order valence-electron chi connectivity index (χ0n) is 16.8. The van der Waals surface area contributed by atoms with Crippen molar-refractivity contribution >= 4 is 40.9 Å². The quantitative estimate of drug-likeness (QED) is 0.438. The van der Waals surface area contributed by atoms with Gasteiger partial charge in [-0.05, 0) is 48.4 Å². The minimum absolute atomic E-state index is 0.219. The summed E-state index contributed by atoms with van der Waals surface area (Å²) in [7, 11) is 1.58. The van der Waals surface area contributed by atoms with Crippen molar-refractivity contribution in [1.29, 1.82) is 0 Å². The molecule has 6 nitrogen and oxygen atoms in total. The van der Waals surface area contributed by atoms with E-state index in [4.69, 9.17) is 21.1 Å². The zero-order valence-corrected chi connectivity index (χ0v) is 17.5. The van der Waals surface area contributed by atoms with Crippen LogP contribution in [0, 0.1) is 0 Å². The molecule has 0 aliphatic carbocycles. The van der Waals surface area contributed by atoms with Crippen LogP contribution in [0.2, 0.25) is 5.02 Å². The number of halogens is 1. The van der Waals surface area contributed by atoms with Crippen LogP contribution in [0.4, 0.5) is 11.4 Å². The largest absolute Gasteiger partial charge is 0.493 e. The van der Waals surface area contributed by atoms with Crippen LogP contribution in [0.3, 0.4) is 0 Å². The Kier molecular flexibility index (Phi) is 8.55. The van der Waals surface area contributed by atoms with E-state index in [-0.39, 0.29) is 11.8 Å². The summed E-state index contributed by atoms with van der Waals surface area (Å²) in [6, 6.07) is 10.4. The lowest BCUT2D eigenvalue weighted by Gasteiger charge is -2.11. The standard InChI is InChI=1S/C22H25ClN2O4/c1-4-5-12-29-20-10-6-16(13-21(20)28-3)7-11-22(27)25-17-8-9-19(18(23)14-17)24-15(2)26/h6-11,13-14H,4-5,12H2,1-3H3,(H,24,26)(H,25,27)/b11-7+. The van der Waals surface area contributed by atoms with E-state index in [1.165, 1.54) is 13.0 Å². The van der Waals surface area contributed by atoms with Crippen LogP contribution >= 0.6 is 11.6 Å². The number of benzene rings is 2. The highest BCUT2D eigenvalue weighted by Gasteiger charge is 2.07. The summed E-state index contributed by atoms with van der Waals surface area (Å²) in [6.07, 6.45) is 5.13. The summed E-state index contributed by atoms with van der Waals surface area (Å²) >= 11 is 6.11. The molecule has 0 aliphatic heterocycles. The second-order valence-electron chi connectivity index (χ2n) is 6.31. The first kappa shape index (κ1) is 22.3. The Bertz CT molecular complexity index is 896. The van der Waals surface area contributed by atoms with Crippen molar-refractivity contribution < 1.29 is 19.1 Å². The third-order valence-electron chi connectivity index (χ3n) is 3.92. The fourth-order valence-corrected chi connectivity index (χ4v) is 2.70. The smallest absolute Gasteiger partial charge is 0.248 e. The van der Waals surface area contributed by atoms with Crippen LogP contribution in [-0.2, 0) is 9.59 Å². The third-order valence-corrected chi connectivity index (χ3v) is 4.23. The normalized spacial score (nSPS) is 10.6. The van der Waals surface area contributed by atoms with Crippen LogP contribution in [0.25, 0.3) is 6.08 Å². The molecule has 29 heavy (non-hydrogen) atoms. The minimum Gasteiger partial charge on any atom is -0.493 e. The van der Waals surface area contributed by atoms with Crippen molar-refractivity contribution in [2.75, 3.05) is 24.4 Å². The maximum atomic E-state index is 12.2. The van der Waals surface area contributed by atoms with Gasteiger partial charge in [0.15, 0.2) is 11.5 Å². The lowest BCUT2D eigenvalue weighted by Crippen LogP contribution is -2.09. The number of rotatable bonds is 9. The van der Waals surface area contributed by atoms with E-state index in [0.29, 0.717) is 34.5 Å². The predicted molar refractivity (Wildman–Crippen MR) is 117 cm³/mol. The van der Waals surface area contributed by atoms with Gasteiger partial charge in [-0.15, -0.1) is 0 Å². The van der Waals surface area contributed by atoms with Gasteiger partial charge in [-0.25, -0.2) is 0 Å². The van der Waals surface area contributed by atoms with Gasteiger partial charge < -0.3 is 20.1 Å². The van der Waals surface area contributed by atoms with E-state index in [9.17, 15) is 9.59 Å². The van der Waals surface area contributed by atoms with Gasteiger partial charge in [-0.2, -0.15) is 0 Å². The Balaban J connectivity index is 2.01.